The van der Waals surface area contributed by atoms with E-state index < -0.39 is 10.8 Å². The average Bonchev–Trinajstić information content (AvgIpc) is 2.38. The topological polar surface area (TPSA) is 66.4 Å². The second-order valence-corrected chi connectivity index (χ2v) is 5.73. The van der Waals surface area contributed by atoms with Crippen LogP contribution in [0.25, 0.3) is 0 Å². The third-order valence-corrected chi connectivity index (χ3v) is 3.95. The van der Waals surface area contributed by atoms with Gasteiger partial charge >= 0.3 is 0 Å². The number of nitrogens with one attached hydrogen (secondary N) is 1. The van der Waals surface area contributed by atoms with Crippen LogP contribution in [-0.2, 0) is 10.8 Å². The third-order valence-electron chi connectivity index (χ3n) is 2.58. The zero-order valence-corrected chi connectivity index (χ0v) is 11.5. The fourth-order valence-corrected chi connectivity index (χ4v) is 2.52. The average molecular weight is 269 g/mol. The minimum absolute atomic E-state index is 0.0317. The number of carbonyl (C=O) groups is 1. The third kappa shape index (κ3) is 3.92. The van der Waals surface area contributed by atoms with Gasteiger partial charge in [-0.3, -0.25) is 9.00 Å². The number of benzene rings is 1. The summed E-state index contributed by atoms with van der Waals surface area (Å²) in [7, 11) is -1.15. The molecule has 1 aromatic rings. The first-order chi connectivity index (χ1) is 8.60. The molecule has 0 radical (unpaired) electrons. The maximum atomic E-state index is 12.0. The van der Waals surface area contributed by atoms with E-state index in [1.165, 1.54) is 0 Å². The fourth-order valence-electron chi connectivity index (χ4n) is 1.58. The van der Waals surface area contributed by atoms with Crippen LogP contribution < -0.4 is 5.32 Å². The standard InChI is InChI=1S/C13H19NO3S/c1-3-18(17)12-7-5-4-6-11(12)13(16)14-10(2)8-9-15/h4-7,10,15H,3,8-9H2,1-2H3,(H,14,16). The van der Waals surface area contributed by atoms with Crippen LogP contribution in [0.15, 0.2) is 29.2 Å². The quantitative estimate of drug-likeness (QED) is 0.818. The lowest BCUT2D eigenvalue weighted by atomic mass is 10.2. The largest absolute Gasteiger partial charge is 0.396 e. The number of aliphatic hydroxyl groups excluding tert-OH is 1. The van der Waals surface area contributed by atoms with Crippen LogP contribution in [0, 0.1) is 0 Å². The van der Waals surface area contributed by atoms with Crippen LogP contribution >= 0.6 is 0 Å². The van der Waals surface area contributed by atoms with E-state index in [0.717, 1.165) is 0 Å². The molecule has 0 fully saturated rings. The predicted molar refractivity (Wildman–Crippen MR) is 72.0 cm³/mol. The molecule has 0 aliphatic carbocycles. The summed E-state index contributed by atoms with van der Waals surface area (Å²) in [5, 5.41) is 11.6. The Morgan fingerprint density at radius 2 is 2.11 bits per heavy atom. The van der Waals surface area contributed by atoms with Crippen molar-refractivity contribution in [2.45, 2.75) is 31.2 Å². The lowest BCUT2D eigenvalue weighted by Gasteiger charge is -2.14. The molecule has 0 aromatic heterocycles. The van der Waals surface area contributed by atoms with Crippen molar-refractivity contribution in [3.8, 4) is 0 Å². The van der Waals surface area contributed by atoms with Crippen LogP contribution in [0.2, 0.25) is 0 Å². The summed E-state index contributed by atoms with van der Waals surface area (Å²) in [4.78, 5) is 12.6. The minimum Gasteiger partial charge on any atom is -0.396 e. The van der Waals surface area contributed by atoms with Gasteiger partial charge in [0.05, 0.1) is 21.3 Å². The molecule has 0 saturated carbocycles. The van der Waals surface area contributed by atoms with Crippen molar-refractivity contribution in [1.29, 1.82) is 0 Å². The summed E-state index contributed by atoms with van der Waals surface area (Å²) in [5.41, 5.74) is 0.447. The van der Waals surface area contributed by atoms with Crippen LogP contribution in [0.3, 0.4) is 0 Å². The van der Waals surface area contributed by atoms with Gasteiger partial charge in [0, 0.05) is 18.4 Å². The number of rotatable bonds is 6. The molecular weight excluding hydrogens is 250 g/mol. The highest BCUT2D eigenvalue weighted by atomic mass is 32.2. The molecule has 0 aliphatic rings. The molecule has 2 unspecified atom stereocenters. The molecule has 0 saturated heterocycles. The van der Waals surface area contributed by atoms with Crippen molar-refractivity contribution < 1.29 is 14.1 Å². The van der Waals surface area contributed by atoms with Crippen molar-refractivity contribution in [2.24, 2.45) is 0 Å². The van der Waals surface area contributed by atoms with Gasteiger partial charge in [0.25, 0.3) is 5.91 Å². The monoisotopic (exact) mass is 269 g/mol. The van der Waals surface area contributed by atoms with Gasteiger partial charge in [-0.1, -0.05) is 19.1 Å². The van der Waals surface area contributed by atoms with Gasteiger partial charge in [-0.05, 0) is 25.5 Å². The lowest BCUT2D eigenvalue weighted by Crippen LogP contribution is -2.33. The molecule has 2 atom stereocenters. The molecule has 0 spiro atoms. The van der Waals surface area contributed by atoms with Gasteiger partial charge in [-0.15, -0.1) is 0 Å². The normalized spacial score (nSPS) is 13.9. The van der Waals surface area contributed by atoms with Gasteiger partial charge in [0.15, 0.2) is 0 Å². The number of amides is 1. The number of carbonyl (C=O) groups excluding carboxylic acids is 1. The van der Waals surface area contributed by atoms with Gasteiger partial charge in [-0.2, -0.15) is 0 Å². The van der Waals surface area contributed by atoms with Crippen LogP contribution in [0.5, 0.6) is 0 Å². The van der Waals surface area contributed by atoms with E-state index in [9.17, 15) is 9.00 Å². The Morgan fingerprint density at radius 3 is 2.72 bits per heavy atom. The maximum Gasteiger partial charge on any atom is 0.252 e. The Labute approximate surface area is 110 Å². The SMILES string of the molecule is CCS(=O)c1ccccc1C(=O)NC(C)CCO. The molecule has 0 aliphatic heterocycles. The van der Waals surface area contributed by atoms with E-state index in [1.54, 1.807) is 24.3 Å². The van der Waals surface area contributed by atoms with Gasteiger partial charge in [-0.25, -0.2) is 0 Å². The van der Waals surface area contributed by atoms with Crippen molar-refractivity contribution >= 4 is 16.7 Å². The van der Waals surface area contributed by atoms with Crippen LogP contribution in [0.4, 0.5) is 0 Å². The first-order valence-electron chi connectivity index (χ1n) is 5.99. The molecule has 0 heterocycles. The zero-order chi connectivity index (χ0) is 13.5. The van der Waals surface area contributed by atoms with Gasteiger partial charge in [0.1, 0.15) is 0 Å². The van der Waals surface area contributed by atoms with Crippen molar-refractivity contribution in [3.63, 3.8) is 0 Å². The molecular formula is C13H19NO3S. The number of hydrogen-bond acceptors (Lipinski definition) is 3. The highest BCUT2D eigenvalue weighted by Gasteiger charge is 2.15. The zero-order valence-electron chi connectivity index (χ0n) is 10.7. The van der Waals surface area contributed by atoms with Crippen molar-refractivity contribution in [3.05, 3.63) is 29.8 Å². The summed E-state index contributed by atoms with van der Waals surface area (Å²) in [6, 6.07) is 6.80. The smallest absolute Gasteiger partial charge is 0.252 e. The van der Waals surface area contributed by atoms with Crippen molar-refractivity contribution in [2.75, 3.05) is 12.4 Å². The van der Waals surface area contributed by atoms with Gasteiger partial charge < -0.3 is 10.4 Å². The highest BCUT2D eigenvalue weighted by molar-refractivity contribution is 7.85. The Bertz CT molecular complexity index is 434. The summed E-state index contributed by atoms with van der Waals surface area (Å²) < 4.78 is 11.8. The molecule has 1 aromatic carbocycles. The minimum atomic E-state index is -1.15. The fraction of sp³-hybridized carbons (Fsp3) is 0.462. The number of hydrogen-bond donors (Lipinski definition) is 2. The van der Waals surface area contributed by atoms with E-state index in [4.69, 9.17) is 5.11 Å². The van der Waals surface area contributed by atoms with E-state index in [0.29, 0.717) is 22.6 Å². The van der Waals surface area contributed by atoms with Crippen molar-refractivity contribution in [1.82, 2.24) is 5.32 Å². The summed E-state index contributed by atoms with van der Waals surface area (Å²) in [6.45, 7) is 3.68. The second kappa shape index (κ2) is 7.28. The molecule has 1 amide bonds. The van der Waals surface area contributed by atoms with E-state index >= 15 is 0 Å². The van der Waals surface area contributed by atoms with E-state index in [1.807, 2.05) is 13.8 Å². The van der Waals surface area contributed by atoms with E-state index in [-0.39, 0.29) is 18.6 Å². The molecule has 5 heteroatoms. The second-order valence-electron chi connectivity index (χ2n) is 4.02. The highest BCUT2D eigenvalue weighted by Crippen LogP contribution is 2.14. The molecule has 2 N–H and O–H groups in total. The van der Waals surface area contributed by atoms with Gasteiger partial charge in [0.2, 0.25) is 0 Å². The Balaban J connectivity index is 2.88. The predicted octanol–water partition coefficient (Wildman–Crippen LogP) is 1.31. The maximum absolute atomic E-state index is 12.0. The molecule has 100 valence electrons. The summed E-state index contributed by atoms with van der Waals surface area (Å²) in [5.74, 6) is 0.240. The Kier molecular flexibility index (Phi) is 6.01. The lowest BCUT2D eigenvalue weighted by molar-refractivity contribution is 0.0931. The molecule has 18 heavy (non-hydrogen) atoms. The summed E-state index contributed by atoms with van der Waals surface area (Å²) in [6.07, 6.45) is 0.505. The summed E-state index contributed by atoms with van der Waals surface area (Å²) >= 11 is 0. The van der Waals surface area contributed by atoms with Crippen LogP contribution in [-0.4, -0.2) is 33.6 Å². The molecule has 4 nitrogen and oxygen atoms in total. The Morgan fingerprint density at radius 1 is 1.44 bits per heavy atom. The van der Waals surface area contributed by atoms with Crippen LogP contribution in [0.1, 0.15) is 30.6 Å². The molecule has 1 rings (SSSR count). The van der Waals surface area contributed by atoms with E-state index in [2.05, 4.69) is 5.32 Å². The number of aliphatic hydroxyl groups is 1. The first kappa shape index (κ1) is 14.9. The first-order valence-corrected chi connectivity index (χ1v) is 7.31. The Hall–Kier alpha value is -1.20. The molecule has 0 bridgehead atoms.